The van der Waals surface area contributed by atoms with Crippen molar-refractivity contribution in [3.05, 3.63) is 16.8 Å². The van der Waals surface area contributed by atoms with Crippen LogP contribution in [0.4, 0.5) is 0 Å². The number of amides is 1. The van der Waals surface area contributed by atoms with Crippen LogP contribution in [0.15, 0.2) is 11.5 Å². The zero-order valence-corrected chi connectivity index (χ0v) is 17.4. The van der Waals surface area contributed by atoms with Crippen LogP contribution < -0.4 is 5.32 Å². The lowest BCUT2D eigenvalue weighted by atomic mass is 9.89. The molecule has 1 aliphatic rings. The van der Waals surface area contributed by atoms with Crippen molar-refractivity contribution >= 4 is 50.8 Å². The van der Waals surface area contributed by atoms with Gasteiger partial charge in [-0.3, -0.25) is 14.0 Å². The fourth-order valence-electron chi connectivity index (χ4n) is 3.38. The minimum absolute atomic E-state index is 0.130. The predicted molar refractivity (Wildman–Crippen MR) is 108 cm³/mol. The Morgan fingerprint density at radius 2 is 2.29 bits per heavy atom. The van der Waals surface area contributed by atoms with Crippen molar-refractivity contribution in [1.82, 2.24) is 24.9 Å². The fourth-order valence-corrected chi connectivity index (χ4v) is 5.46. The van der Waals surface area contributed by atoms with Crippen molar-refractivity contribution in [3.63, 3.8) is 0 Å². The Labute approximate surface area is 170 Å². The van der Waals surface area contributed by atoms with Gasteiger partial charge in [-0.05, 0) is 37.7 Å². The Morgan fingerprint density at radius 1 is 1.43 bits per heavy atom. The Bertz CT molecular complexity index is 1040. The average Bonchev–Trinajstić information content (AvgIpc) is 3.24. The molecule has 0 radical (unpaired) electrons. The highest BCUT2D eigenvalue weighted by Crippen LogP contribution is 2.38. The Balaban J connectivity index is 1.51. The summed E-state index contributed by atoms with van der Waals surface area (Å²) in [6.07, 6.45) is 5.04. The molecule has 3 aromatic heterocycles. The summed E-state index contributed by atoms with van der Waals surface area (Å²) in [4.78, 5) is 30.3. The summed E-state index contributed by atoms with van der Waals surface area (Å²) < 4.78 is 6.64. The minimum Gasteiger partial charge on any atom is -0.465 e. The number of hydrogen-bond donors (Lipinski definition) is 1. The van der Waals surface area contributed by atoms with E-state index in [4.69, 9.17) is 4.74 Å². The molecule has 1 N–H and O–H groups in total. The molecule has 3 heterocycles. The molecule has 0 aromatic carbocycles. The summed E-state index contributed by atoms with van der Waals surface area (Å²) in [5.74, 6) is 0.133. The van der Waals surface area contributed by atoms with Crippen LogP contribution in [-0.4, -0.2) is 50.4 Å². The smallest absolute Gasteiger partial charge is 0.325 e. The van der Waals surface area contributed by atoms with E-state index < -0.39 is 5.97 Å². The van der Waals surface area contributed by atoms with Crippen LogP contribution in [0.2, 0.25) is 0 Å². The van der Waals surface area contributed by atoms with Crippen LogP contribution in [0.25, 0.3) is 15.9 Å². The lowest BCUT2D eigenvalue weighted by Crippen LogP contribution is -2.31. The molecule has 0 saturated heterocycles. The molecule has 0 saturated carbocycles. The number of esters is 1. The molecule has 8 nitrogen and oxygen atoms in total. The van der Waals surface area contributed by atoms with Gasteiger partial charge in [-0.15, -0.1) is 21.5 Å². The number of aromatic nitrogens is 4. The van der Waals surface area contributed by atoms with Crippen LogP contribution in [0.5, 0.6) is 0 Å². The molecule has 1 aliphatic carbocycles. The third kappa shape index (κ3) is 3.70. The van der Waals surface area contributed by atoms with E-state index in [9.17, 15) is 9.59 Å². The molecule has 4 rings (SSSR count). The van der Waals surface area contributed by atoms with E-state index in [1.165, 1.54) is 28.6 Å². The molecule has 148 valence electrons. The predicted octanol–water partition coefficient (Wildman–Crippen LogP) is 2.24. The molecule has 3 aromatic rings. The minimum atomic E-state index is -0.447. The second-order valence-electron chi connectivity index (χ2n) is 6.82. The largest absolute Gasteiger partial charge is 0.465 e. The van der Waals surface area contributed by atoms with Crippen molar-refractivity contribution in [1.29, 1.82) is 0 Å². The number of rotatable bonds is 6. The maximum atomic E-state index is 12.0. The second-order valence-corrected chi connectivity index (χ2v) is 8.85. The third-order valence-corrected chi connectivity index (χ3v) is 6.84. The number of ether oxygens (including phenoxy) is 1. The quantitative estimate of drug-likeness (QED) is 0.483. The SMILES string of the molecule is CCOC(=O)CNC(=O)CSc1nnc2c3c4c(sc3ncn12)C[C@H](C)CC4. The maximum absolute atomic E-state index is 12.0. The van der Waals surface area contributed by atoms with Gasteiger partial charge in [0.2, 0.25) is 5.91 Å². The number of nitrogens with one attached hydrogen (secondary N) is 1. The number of nitrogens with zero attached hydrogens (tertiary/aromatic N) is 4. The number of carbonyl (C=O) groups excluding carboxylic acids is 2. The van der Waals surface area contributed by atoms with E-state index in [2.05, 4.69) is 27.4 Å². The van der Waals surface area contributed by atoms with Gasteiger partial charge < -0.3 is 10.1 Å². The molecule has 1 atom stereocenters. The Hall–Kier alpha value is -2.20. The van der Waals surface area contributed by atoms with Gasteiger partial charge >= 0.3 is 5.97 Å². The molecule has 10 heteroatoms. The van der Waals surface area contributed by atoms with Crippen LogP contribution in [0.1, 0.15) is 30.7 Å². The zero-order valence-electron chi connectivity index (χ0n) is 15.7. The maximum Gasteiger partial charge on any atom is 0.325 e. The summed E-state index contributed by atoms with van der Waals surface area (Å²) in [7, 11) is 0. The number of aryl methyl sites for hydroxylation is 1. The molecule has 0 fully saturated rings. The topological polar surface area (TPSA) is 98.5 Å². The van der Waals surface area contributed by atoms with Crippen LogP contribution in [-0.2, 0) is 27.2 Å². The van der Waals surface area contributed by atoms with Crippen molar-refractivity contribution in [3.8, 4) is 0 Å². The molecule has 28 heavy (non-hydrogen) atoms. The highest BCUT2D eigenvalue weighted by Gasteiger charge is 2.24. The molecule has 0 bridgehead atoms. The van der Waals surface area contributed by atoms with Crippen LogP contribution in [0.3, 0.4) is 0 Å². The number of carbonyl (C=O) groups is 2. The third-order valence-electron chi connectivity index (χ3n) is 4.74. The van der Waals surface area contributed by atoms with E-state index in [1.54, 1.807) is 24.6 Å². The lowest BCUT2D eigenvalue weighted by molar-refractivity contribution is -0.143. The van der Waals surface area contributed by atoms with Crippen molar-refractivity contribution in [2.45, 2.75) is 38.3 Å². The molecule has 0 aliphatic heterocycles. The van der Waals surface area contributed by atoms with Crippen LogP contribution in [0, 0.1) is 5.92 Å². The standard InChI is InChI=1S/C18H21N5O3S2/c1-3-26-14(25)7-19-13(24)8-27-18-22-21-16-15-11-5-4-10(2)6-12(11)28-17(15)20-9-23(16)18/h9-10H,3-8H2,1-2H3,(H,19,24)/t10-/m1/s1. The summed E-state index contributed by atoms with van der Waals surface area (Å²) in [6.45, 7) is 4.18. The van der Waals surface area contributed by atoms with Gasteiger partial charge in [0.15, 0.2) is 10.8 Å². The number of thioether (sulfide) groups is 1. The second kappa shape index (κ2) is 8.04. The fraction of sp³-hybridized carbons (Fsp3) is 0.500. The highest BCUT2D eigenvalue weighted by atomic mass is 32.2. The zero-order chi connectivity index (χ0) is 19.7. The first-order chi connectivity index (χ1) is 13.6. The van der Waals surface area contributed by atoms with E-state index in [0.717, 1.165) is 28.7 Å². The summed E-state index contributed by atoms with van der Waals surface area (Å²) in [6, 6.07) is 0. The molecule has 0 spiro atoms. The van der Waals surface area contributed by atoms with Crippen molar-refractivity contribution < 1.29 is 14.3 Å². The lowest BCUT2D eigenvalue weighted by Gasteiger charge is -2.17. The molecule has 0 unspecified atom stereocenters. The first kappa shape index (κ1) is 19.1. The van der Waals surface area contributed by atoms with Gasteiger partial charge in [0.1, 0.15) is 17.7 Å². The van der Waals surface area contributed by atoms with E-state index in [1.807, 2.05) is 4.40 Å². The van der Waals surface area contributed by atoms with Gasteiger partial charge in [0.05, 0.1) is 17.7 Å². The molecular weight excluding hydrogens is 398 g/mol. The number of fused-ring (bicyclic) bond motifs is 5. The van der Waals surface area contributed by atoms with Gasteiger partial charge in [-0.25, -0.2) is 4.98 Å². The molecular formula is C18H21N5O3S2. The number of hydrogen-bond acceptors (Lipinski definition) is 8. The average molecular weight is 420 g/mol. The van der Waals surface area contributed by atoms with Crippen molar-refractivity contribution in [2.24, 2.45) is 5.92 Å². The monoisotopic (exact) mass is 419 g/mol. The van der Waals surface area contributed by atoms with Crippen LogP contribution >= 0.6 is 23.1 Å². The first-order valence-electron chi connectivity index (χ1n) is 9.26. The Kier molecular flexibility index (Phi) is 5.49. The first-order valence-corrected chi connectivity index (χ1v) is 11.1. The summed E-state index contributed by atoms with van der Waals surface area (Å²) in [5.41, 5.74) is 2.15. The van der Waals surface area contributed by atoms with E-state index in [0.29, 0.717) is 17.7 Å². The van der Waals surface area contributed by atoms with E-state index in [-0.39, 0.29) is 18.2 Å². The van der Waals surface area contributed by atoms with Gasteiger partial charge in [0.25, 0.3) is 0 Å². The highest BCUT2D eigenvalue weighted by molar-refractivity contribution is 7.99. The van der Waals surface area contributed by atoms with Gasteiger partial charge in [-0.2, -0.15) is 0 Å². The van der Waals surface area contributed by atoms with Gasteiger partial charge in [0, 0.05) is 4.88 Å². The number of thiophene rings is 1. The summed E-state index contributed by atoms with van der Waals surface area (Å²) >= 11 is 3.02. The summed E-state index contributed by atoms with van der Waals surface area (Å²) in [5, 5.41) is 12.9. The van der Waals surface area contributed by atoms with Crippen molar-refractivity contribution in [2.75, 3.05) is 18.9 Å². The normalized spacial score (nSPS) is 16.3. The molecule has 1 amide bonds. The van der Waals surface area contributed by atoms with E-state index >= 15 is 0 Å². The Morgan fingerprint density at radius 3 is 3.11 bits per heavy atom. The van der Waals surface area contributed by atoms with Gasteiger partial charge in [-0.1, -0.05) is 18.7 Å².